The van der Waals surface area contributed by atoms with Crippen molar-refractivity contribution in [2.75, 3.05) is 39.4 Å². The van der Waals surface area contributed by atoms with Gasteiger partial charge in [0.2, 0.25) is 0 Å². The Bertz CT molecular complexity index is 439. The molecule has 0 atom stereocenters. The fourth-order valence-electron chi connectivity index (χ4n) is 2.30. The summed E-state index contributed by atoms with van der Waals surface area (Å²) in [4.78, 5) is 14.4. The van der Waals surface area contributed by atoms with Gasteiger partial charge in [-0.15, -0.1) is 0 Å². The van der Waals surface area contributed by atoms with E-state index >= 15 is 0 Å². The Morgan fingerprint density at radius 2 is 2.10 bits per heavy atom. The minimum Gasteiger partial charge on any atom is -0.379 e. The van der Waals surface area contributed by atoms with E-state index < -0.39 is 0 Å². The Hall–Kier alpha value is -0.910. The highest BCUT2D eigenvalue weighted by atomic mass is 79.9. The van der Waals surface area contributed by atoms with E-state index in [1.165, 1.54) is 0 Å². The molecule has 1 saturated heterocycles. The number of nitrogens with one attached hydrogen (secondary N) is 1. The molecule has 1 fully saturated rings. The summed E-state index contributed by atoms with van der Waals surface area (Å²) in [6.07, 6.45) is 0.971. The van der Waals surface area contributed by atoms with Gasteiger partial charge in [-0.1, -0.05) is 15.9 Å². The van der Waals surface area contributed by atoms with E-state index in [2.05, 4.69) is 26.1 Å². The number of carbonyl (C=O) groups is 1. The van der Waals surface area contributed by atoms with Gasteiger partial charge in [-0.05, 0) is 43.7 Å². The summed E-state index contributed by atoms with van der Waals surface area (Å²) in [6, 6.07) is 5.75. The van der Waals surface area contributed by atoms with Crippen LogP contribution in [0.25, 0.3) is 0 Å². The lowest BCUT2D eigenvalue weighted by Gasteiger charge is -2.26. The molecule has 0 aromatic heterocycles. The van der Waals surface area contributed by atoms with Gasteiger partial charge < -0.3 is 10.1 Å². The van der Waals surface area contributed by atoms with Crippen LogP contribution in [-0.4, -0.2) is 50.2 Å². The average molecular weight is 341 g/mol. The first-order valence-corrected chi connectivity index (χ1v) is 7.80. The molecular formula is C15H21BrN2O2. The lowest BCUT2D eigenvalue weighted by molar-refractivity contribution is 0.0374. The second-order valence-corrected chi connectivity index (χ2v) is 6.00. The fraction of sp³-hybridized carbons (Fsp3) is 0.533. The van der Waals surface area contributed by atoms with Gasteiger partial charge in [-0.2, -0.15) is 0 Å². The summed E-state index contributed by atoms with van der Waals surface area (Å²) in [5, 5.41) is 2.98. The average Bonchev–Trinajstić information content (AvgIpc) is 2.43. The molecule has 1 aliphatic rings. The smallest absolute Gasteiger partial charge is 0.251 e. The summed E-state index contributed by atoms with van der Waals surface area (Å²) < 4.78 is 6.25. The maximum atomic E-state index is 12.0. The van der Waals surface area contributed by atoms with Gasteiger partial charge in [0.05, 0.1) is 13.2 Å². The van der Waals surface area contributed by atoms with Crippen LogP contribution in [0.4, 0.5) is 0 Å². The summed E-state index contributed by atoms with van der Waals surface area (Å²) in [5.74, 6) is -0.00335. The predicted molar refractivity (Wildman–Crippen MR) is 83.1 cm³/mol. The molecule has 110 valence electrons. The molecule has 0 saturated carbocycles. The van der Waals surface area contributed by atoms with Crippen LogP contribution in [0.5, 0.6) is 0 Å². The predicted octanol–water partition coefficient (Wildman–Crippen LogP) is 2.21. The molecule has 1 aliphatic heterocycles. The number of morpholine rings is 1. The number of amides is 1. The third-order valence-corrected chi connectivity index (χ3v) is 3.80. The molecule has 1 aromatic rings. The Morgan fingerprint density at radius 3 is 2.80 bits per heavy atom. The van der Waals surface area contributed by atoms with Crippen LogP contribution >= 0.6 is 15.9 Å². The van der Waals surface area contributed by atoms with Crippen LogP contribution in [0.1, 0.15) is 22.3 Å². The zero-order chi connectivity index (χ0) is 14.4. The molecule has 0 radical (unpaired) electrons. The number of hydrogen-bond acceptors (Lipinski definition) is 3. The molecule has 0 spiro atoms. The number of benzene rings is 1. The highest BCUT2D eigenvalue weighted by molar-refractivity contribution is 9.10. The van der Waals surface area contributed by atoms with E-state index in [9.17, 15) is 4.79 Å². The van der Waals surface area contributed by atoms with Crippen molar-refractivity contribution in [3.8, 4) is 0 Å². The van der Waals surface area contributed by atoms with Crippen LogP contribution in [0.2, 0.25) is 0 Å². The monoisotopic (exact) mass is 340 g/mol. The molecule has 0 aliphatic carbocycles. The molecular weight excluding hydrogens is 320 g/mol. The molecule has 5 heteroatoms. The molecule has 4 nitrogen and oxygen atoms in total. The third kappa shape index (κ3) is 4.89. The van der Waals surface area contributed by atoms with E-state index in [0.717, 1.165) is 49.3 Å². The normalized spacial score (nSPS) is 16.1. The first kappa shape index (κ1) is 15.5. The summed E-state index contributed by atoms with van der Waals surface area (Å²) in [6.45, 7) is 7.35. The van der Waals surface area contributed by atoms with Crippen molar-refractivity contribution in [1.29, 1.82) is 0 Å². The number of carbonyl (C=O) groups excluding carboxylic acids is 1. The highest BCUT2D eigenvalue weighted by Crippen LogP contribution is 2.15. The molecule has 2 rings (SSSR count). The van der Waals surface area contributed by atoms with Gasteiger partial charge in [-0.25, -0.2) is 0 Å². The molecule has 1 N–H and O–H groups in total. The van der Waals surface area contributed by atoms with E-state index in [0.29, 0.717) is 12.1 Å². The van der Waals surface area contributed by atoms with Crippen molar-refractivity contribution < 1.29 is 9.53 Å². The Balaban J connectivity index is 1.71. The van der Waals surface area contributed by atoms with Gasteiger partial charge >= 0.3 is 0 Å². The van der Waals surface area contributed by atoms with Gasteiger partial charge in [0.15, 0.2) is 0 Å². The SMILES string of the molecule is Cc1cc(Br)cc(C(=O)NCCCN2CCOCC2)c1. The van der Waals surface area contributed by atoms with E-state index in [4.69, 9.17) is 4.74 Å². The van der Waals surface area contributed by atoms with Gasteiger partial charge in [0.25, 0.3) is 5.91 Å². The fourth-order valence-corrected chi connectivity index (χ4v) is 2.91. The van der Waals surface area contributed by atoms with Crippen LogP contribution in [0.3, 0.4) is 0 Å². The standard InChI is InChI=1S/C15H21BrN2O2/c1-12-9-13(11-14(16)10-12)15(19)17-3-2-4-18-5-7-20-8-6-18/h9-11H,2-8H2,1H3,(H,17,19). The number of ether oxygens (including phenoxy) is 1. The third-order valence-electron chi connectivity index (χ3n) is 3.34. The highest BCUT2D eigenvalue weighted by Gasteiger charge is 2.10. The number of aryl methyl sites for hydroxylation is 1. The topological polar surface area (TPSA) is 41.6 Å². The maximum absolute atomic E-state index is 12.0. The maximum Gasteiger partial charge on any atom is 0.251 e. The van der Waals surface area contributed by atoms with Crippen molar-refractivity contribution in [2.45, 2.75) is 13.3 Å². The lowest BCUT2D eigenvalue weighted by Crippen LogP contribution is -2.38. The van der Waals surface area contributed by atoms with Gasteiger partial charge in [-0.3, -0.25) is 9.69 Å². The zero-order valence-corrected chi connectivity index (χ0v) is 13.4. The van der Waals surface area contributed by atoms with Crippen LogP contribution in [0, 0.1) is 6.92 Å². The van der Waals surface area contributed by atoms with E-state index in [1.54, 1.807) is 0 Å². The van der Waals surface area contributed by atoms with Crippen molar-refractivity contribution in [3.05, 3.63) is 33.8 Å². The molecule has 0 unspecified atom stereocenters. The minimum atomic E-state index is -0.00335. The molecule has 0 bridgehead atoms. The number of nitrogens with zero attached hydrogens (tertiary/aromatic N) is 1. The first-order valence-electron chi connectivity index (χ1n) is 7.00. The van der Waals surface area contributed by atoms with E-state index in [1.807, 2.05) is 25.1 Å². The number of hydrogen-bond donors (Lipinski definition) is 1. The molecule has 1 amide bonds. The summed E-state index contributed by atoms with van der Waals surface area (Å²) >= 11 is 3.42. The van der Waals surface area contributed by atoms with Crippen molar-refractivity contribution >= 4 is 21.8 Å². The van der Waals surface area contributed by atoms with Crippen molar-refractivity contribution in [1.82, 2.24) is 10.2 Å². The lowest BCUT2D eigenvalue weighted by atomic mass is 10.1. The van der Waals surface area contributed by atoms with Crippen LogP contribution in [0.15, 0.2) is 22.7 Å². The summed E-state index contributed by atoms with van der Waals surface area (Å²) in [7, 11) is 0. The van der Waals surface area contributed by atoms with Crippen LogP contribution < -0.4 is 5.32 Å². The second kappa shape index (κ2) is 7.76. The van der Waals surface area contributed by atoms with Crippen LogP contribution in [-0.2, 0) is 4.74 Å². The van der Waals surface area contributed by atoms with E-state index in [-0.39, 0.29) is 5.91 Å². The quantitative estimate of drug-likeness (QED) is 0.835. The molecule has 1 aromatic carbocycles. The Kier molecular flexibility index (Phi) is 6.01. The molecule has 20 heavy (non-hydrogen) atoms. The number of rotatable bonds is 5. The zero-order valence-electron chi connectivity index (χ0n) is 11.8. The largest absolute Gasteiger partial charge is 0.379 e. The summed E-state index contributed by atoms with van der Waals surface area (Å²) in [5.41, 5.74) is 1.79. The first-order chi connectivity index (χ1) is 9.65. The minimum absolute atomic E-state index is 0.00335. The van der Waals surface area contributed by atoms with Crippen molar-refractivity contribution in [3.63, 3.8) is 0 Å². The van der Waals surface area contributed by atoms with Gasteiger partial charge in [0, 0.05) is 29.7 Å². The second-order valence-electron chi connectivity index (χ2n) is 5.08. The Labute approximate surface area is 128 Å². The van der Waals surface area contributed by atoms with Crippen molar-refractivity contribution in [2.24, 2.45) is 0 Å². The number of halogens is 1. The Morgan fingerprint density at radius 1 is 1.35 bits per heavy atom. The molecule has 1 heterocycles. The van der Waals surface area contributed by atoms with Gasteiger partial charge in [0.1, 0.15) is 0 Å².